The van der Waals surface area contributed by atoms with Gasteiger partial charge >= 0.3 is 5.97 Å². The Labute approximate surface area is 101 Å². The van der Waals surface area contributed by atoms with Crippen LogP contribution in [-0.2, 0) is 6.42 Å². The summed E-state index contributed by atoms with van der Waals surface area (Å²) in [6.45, 7) is 4.22. The summed E-state index contributed by atoms with van der Waals surface area (Å²) >= 11 is 0. The smallest absolute Gasteiger partial charge is 0.358 e. The Bertz CT molecular complexity index is 406. The first-order valence-corrected chi connectivity index (χ1v) is 6.30. The van der Waals surface area contributed by atoms with Crippen LogP contribution in [0.3, 0.4) is 0 Å². The standard InChI is InChI=1S/C12H19N3O2/c1-3-10-11(12(16)17)13-14-15(10)9-6-4-8(2)5-7-9/h8-9H,3-7H2,1-2H3,(H,16,17). The van der Waals surface area contributed by atoms with Crippen molar-refractivity contribution in [1.29, 1.82) is 0 Å². The van der Waals surface area contributed by atoms with Crippen molar-refractivity contribution in [2.75, 3.05) is 0 Å². The molecule has 0 radical (unpaired) electrons. The molecule has 0 spiro atoms. The van der Waals surface area contributed by atoms with E-state index in [1.807, 2.05) is 11.6 Å². The van der Waals surface area contributed by atoms with Crippen molar-refractivity contribution in [3.05, 3.63) is 11.4 Å². The lowest BCUT2D eigenvalue weighted by Gasteiger charge is -2.27. The van der Waals surface area contributed by atoms with Gasteiger partial charge in [0, 0.05) is 0 Å². The predicted octanol–water partition coefficient (Wildman–Crippen LogP) is 2.29. The lowest BCUT2D eigenvalue weighted by molar-refractivity contribution is 0.0689. The molecular weight excluding hydrogens is 218 g/mol. The van der Waals surface area contributed by atoms with Crippen LogP contribution in [0.4, 0.5) is 0 Å². The number of aromatic nitrogens is 3. The Morgan fingerprint density at radius 2 is 2.06 bits per heavy atom. The van der Waals surface area contributed by atoms with Crippen molar-refractivity contribution in [3.63, 3.8) is 0 Å². The van der Waals surface area contributed by atoms with E-state index in [9.17, 15) is 4.79 Å². The van der Waals surface area contributed by atoms with Crippen LogP contribution in [0.25, 0.3) is 0 Å². The first-order chi connectivity index (χ1) is 8.13. The highest BCUT2D eigenvalue weighted by Crippen LogP contribution is 2.32. The van der Waals surface area contributed by atoms with Gasteiger partial charge in [-0.2, -0.15) is 0 Å². The molecule has 1 N–H and O–H groups in total. The fraction of sp³-hybridized carbons (Fsp3) is 0.750. The summed E-state index contributed by atoms with van der Waals surface area (Å²) in [4.78, 5) is 11.0. The van der Waals surface area contributed by atoms with Crippen molar-refractivity contribution in [1.82, 2.24) is 15.0 Å². The second-order valence-corrected chi connectivity index (χ2v) is 4.90. The van der Waals surface area contributed by atoms with E-state index in [1.54, 1.807) is 0 Å². The van der Waals surface area contributed by atoms with E-state index in [2.05, 4.69) is 17.2 Å². The van der Waals surface area contributed by atoms with Crippen LogP contribution < -0.4 is 0 Å². The van der Waals surface area contributed by atoms with Gasteiger partial charge in [0.05, 0.1) is 11.7 Å². The van der Waals surface area contributed by atoms with Gasteiger partial charge in [0.2, 0.25) is 0 Å². The molecule has 0 aliphatic heterocycles. The second kappa shape index (κ2) is 4.85. The highest BCUT2D eigenvalue weighted by molar-refractivity contribution is 5.86. The molecule has 17 heavy (non-hydrogen) atoms. The van der Waals surface area contributed by atoms with Crippen LogP contribution in [0.15, 0.2) is 0 Å². The average Bonchev–Trinajstić information content (AvgIpc) is 2.73. The van der Waals surface area contributed by atoms with Gasteiger partial charge in [-0.05, 0) is 38.0 Å². The minimum Gasteiger partial charge on any atom is -0.476 e. The third-order valence-electron chi connectivity index (χ3n) is 3.66. The topological polar surface area (TPSA) is 68.0 Å². The zero-order valence-electron chi connectivity index (χ0n) is 10.4. The van der Waals surface area contributed by atoms with E-state index in [0.717, 1.165) is 24.5 Å². The largest absolute Gasteiger partial charge is 0.476 e. The molecule has 1 fully saturated rings. The van der Waals surface area contributed by atoms with Crippen molar-refractivity contribution >= 4 is 5.97 Å². The minimum atomic E-state index is -0.975. The maximum Gasteiger partial charge on any atom is 0.358 e. The zero-order valence-corrected chi connectivity index (χ0v) is 10.4. The number of carboxylic acid groups (broad SMARTS) is 1. The number of carbonyl (C=O) groups is 1. The Hall–Kier alpha value is -1.39. The van der Waals surface area contributed by atoms with Crippen LogP contribution in [-0.4, -0.2) is 26.1 Å². The molecule has 1 aromatic rings. The quantitative estimate of drug-likeness (QED) is 0.875. The molecule has 0 bridgehead atoms. The van der Waals surface area contributed by atoms with Gasteiger partial charge in [-0.25, -0.2) is 9.48 Å². The van der Waals surface area contributed by atoms with Gasteiger partial charge in [0.25, 0.3) is 0 Å². The molecular formula is C12H19N3O2. The summed E-state index contributed by atoms with van der Waals surface area (Å²) in [5.41, 5.74) is 0.878. The zero-order chi connectivity index (χ0) is 12.4. The van der Waals surface area contributed by atoms with Gasteiger partial charge in [-0.15, -0.1) is 5.10 Å². The van der Waals surface area contributed by atoms with Gasteiger partial charge in [0.1, 0.15) is 0 Å². The highest BCUT2D eigenvalue weighted by Gasteiger charge is 2.25. The number of hydrogen-bond donors (Lipinski definition) is 1. The first kappa shape index (κ1) is 12.1. The van der Waals surface area contributed by atoms with Crippen molar-refractivity contribution in [2.24, 2.45) is 5.92 Å². The highest BCUT2D eigenvalue weighted by atomic mass is 16.4. The Kier molecular flexibility index (Phi) is 3.45. The maximum atomic E-state index is 11.0. The number of rotatable bonds is 3. The molecule has 5 heteroatoms. The molecule has 0 atom stereocenters. The summed E-state index contributed by atoms with van der Waals surface area (Å²) in [6, 6.07) is 0.335. The molecule has 0 unspecified atom stereocenters. The van der Waals surface area contributed by atoms with Crippen LogP contribution >= 0.6 is 0 Å². The Balaban J connectivity index is 2.23. The van der Waals surface area contributed by atoms with Crippen molar-refractivity contribution in [2.45, 2.75) is 52.0 Å². The normalized spacial score (nSPS) is 24.8. The van der Waals surface area contributed by atoms with E-state index in [-0.39, 0.29) is 5.69 Å². The minimum absolute atomic E-state index is 0.117. The van der Waals surface area contributed by atoms with Crippen LogP contribution in [0, 0.1) is 5.92 Å². The van der Waals surface area contributed by atoms with Crippen molar-refractivity contribution in [3.8, 4) is 0 Å². The van der Waals surface area contributed by atoms with E-state index < -0.39 is 5.97 Å². The maximum absolute atomic E-state index is 11.0. The van der Waals surface area contributed by atoms with Crippen LogP contribution in [0.5, 0.6) is 0 Å². The number of hydrogen-bond acceptors (Lipinski definition) is 3. The average molecular weight is 237 g/mol. The molecule has 5 nitrogen and oxygen atoms in total. The third kappa shape index (κ3) is 2.33. The molecule has 1 heterocycles. The first-order valence-electron chi connectivity index (χ1n) is 6.30. The van der Waals surface area contributed by atoms with Gasteiger partial charge in [-0.1, -0.05) is 19.1 Å². The van der Waals surface area contributed by atoms with Crippen LogP contribution in [0.2, 0.25) is 0 Å². The second-order valence-electron chi connectivity index (χ2n) is 4.90. The summed E-state index contributed by atoms with van der Waals surface area (Å²) < 4.78 is 1.84. The Morgan fingerprint density at radius 1 is 1.41 bits per heavy atom. The molecule has 1 aliphatic rings. The fourth-order valence-corrected chi connectivity index (χ4v) is 2.59. The number of carboxylic acids is 1. The summed E-state index contributed by atoms with van der Waals surface area (Å²) in [6.07, 6.45) is 5.21. The van der Waals surface area contributed by atoms with E-state index >= 15 is 0 Å². The predicted molar refractivity (Wildman–Crippen MR) is 63.0 cm³/mol. The van der Waals surface area contributed by atoms with E-state index in [4.69, 9.17) is 5.11 Å². The molecule has 1 aromatic heterocycles. The number of nitrogens with zero attached hydrogens (tertiary/aromatic N) is 3. The molecule has 1 aliphatic carbocycles. The molecule has 0 saturated heterocycles. The lowest BCUT2D eigenvalue weighted by atomic mass is 9.87. The summed E-state index contributed by atoms with van der Waals surface area (Å²) in [7, 11) is 0. The molecule has 94 valence electrons. The summed E-state index contributed by atoms with van der Waals surface area (Å²) in [5.74, 6) is -0.198. The third-order valence-corrected chi connectivity index (χ3v) is 3.66. The lowest BCUT2D eigenvalue weighted by Crippen LogP contribution is -2.20. The van der Waals surface area contributed by atoms with Crippen LogP contribution in [0.1, 0.15) is 61.8 Å². The SMILES string of the molecule is CCc1c(C(=O)O)nnn1C1CCC(C)CC1. The van der Waals surface area contributed by atoms with Gasteiger partial charge in [-0.3, -0.25) is 0 Å². The van der Waals surface area contributed by atoms with E-state index in [0.29, 0.717) is 12.5 Å². The number of aromatic carboxylic acids is 1. The molecule has 0 amide bonds. The fourth-order valence-electron chi connectivity index (χ4n) is 2.59. The monoisotopic (exact) mass is 237 g/mol. The van der Waals surface area contributed by atoms with Crippen molar-refractivity contribution < 1.29 is 9.90 Å². The summed E-state index contributed by atoms with van der Waals surface area (Å²) in [5, 5.41) is 16.9. The molecule has 1 saturated carbocycles. The van der Waals surface area contributed by atoms with E-state index in [1.165, 1.54) is 12.8 Å². The van der Waals surface area contributed by atoms with Gasteiger partial charge < -0.3 is 5.11 Å². The molecule has 2 rings (SSSR count). The molecule has 0 aromatic carbocycles. The Morgan fingerprint density at radius 3 is 2.59 bits per heavy atom. The van der Waals surface area contributed by atoms with Gasteiger partial charge in [0.15, 0.2) is 5.69 Å².